The quantitative estimate of drug-likeness (QED) is 0.433. The summed E-state index contributed by atoms with van der Waals surface area (Å²) < 4.78 is 18.1. The summed E-state index contributed by atoms with van der Waals surface area (Å²) >= 11 is 1.42. The average Bonchev–Trinajstić information content (AvgIpc) is 3.49. The van der Waals surface area contributed by atoms with Crippen LogP contribution in [0.4, 0.5) is 0 Å². The summed E-state index contributed by atoms with van der Waals surface area (Å²) in [6.07, 6.45) is 1.15. The first-order chi connectivity index (χ1) is 17.8. The van der Waals surface area contributed by atoms with Gasteiger partial charge in [0.25, 0.3) is 11.8 Å². The van der Waals surface area contributed by atoms with E-state index in [-0.39, 0.29) is 29.5 Å². The number of piperidine rings is 1. The number of ether oxygens (including phenoxy) is 2. The molecule has 0 radical (unpaired) electrons. The Balaban J connectivity index is 1.48. The summed E-state index contributed by atoms with van der Waals surface area (Å²) in [5, 5.41) is 0. The van der Waals surface area contributed by atoms with Gasteiger partial charge in [0.2, 0.25) is 0 Å². The molecule has 0 atom stereocenters. The second kappa shape index (κ2) is 11.6. The highest BCUT2D eigenvalue weighted by molar-refractivity contribution is 7.09. The number of carbonyl (C=O) groups excluding carboxylic acids is 3. The van der Waals surface area contributed by atoms with E-state index >= 15 is 0 Å². The minimum absolute atomic E-state index is 0.167. The summed E-state index contributed by atoms with van der Waals surface area (Å²) in [6, 6.07) is 10.3. The third kappa shape index (κ3) is 6.02. The first-order valence-corrected chi connectivity index (χ1v) is 13.1. The van der Waals surface area contributed by atoms with Gasteiger partial charge in [-0.05, 0) is 63.9 Å². The number of hydrogen-bond acceptors (Lipinski definition) is 7. The topological polar surface area (TPSA) is 103 Å². The molecule has 196 valence electrons. The van der Waals surface area contributed by atoms with E-state index in [1.165, 1.54) is 11.3 Å². The van der Waals surface area contributed by atoms with Crippen LogP contribution in [-0.4, -0.2) is 54.1 Å². The molecule has 3 heterocycles. The van der Waals surface area contributed by atoms with Gasteiger partial charge in [-0.25, -0.2) is 0 Å². The van der Waals surface area contributed by atoms with E-state index < -0.39 is 0 Å². The molecule has 1 saturated heterocycles. The van der Waals surface area contributed by atoms with Crippen molar-refractivity contribution in [1.82, 2.24) is 9.47 Å². The van der Waals surface area contributed by atoms with E-state index in [9.17, 15) is 14.4 Å². The molecule has 3 aromatic rings. The van der Waals surface area contributed by atoms with E-state index in [1.807, 2.05) is 18.4 Å². The van der Waals surface area contributed by atoms with Crippen molar-refractivity contribution in [3.05, 3.63) is 68.9 Å². The summed E-state index contributed by atoms with van der Waals surface area (Å²) in [6.45, 7) is 7.37. The summed E-state index contributed by atoms with van der Waals surface area (Å²) in [7, 11) is 1.55. The van der Waals surface area contributed by atoms with Crippen molar-refractivity contribution in [3.63, 3.8) is 0 Å². The molecule has 10 heteroatoms. The van der Waals surface area contributed by atoms with Gasteiger partial charge < -0.3 is 23.4 Å². The van der Waals surface area contributed by atoms with Crippen LogP contribution in [0, 0.1) is 19.8 Å². The third-order valence-corrected chi connectivity index (χ3v) is 7.59. The molecule has 2 amide bonds. The Morgan fingerprint density at radius 2 is 1.89 bits per heavy atom. The Hall–Kier alpha value is -3.66. The molecule has 0 N–H and O–H groups in total. The maximum Gasteiger partial charge on any atom is 0.309 e. The van der Waals surface area contributed by atoms with Gasteiger partial charge in [-0.3, -0.25) is 14.4 Å². The molecule has 4 rings (SSSR count). The average molecular weight is 526 g/mol. The fraction of sp³-hybridized carbons (Fsp3) is 0.407. The zero-order valence-electron chi connectivity index (χ0n) is 21.5. The number of rotatable bonds is 7. The Kier molecular flexibility index (Phi) is 8.27. The zero-order valence-corrected chi connectivity index (χ0v) is 22.3. The van der Waals surface area contributed by atoms with Crippen molar-refractivity contribution in [3.8, 4) is 5.75 Å². The van der Waals surface area contributed by atoms with Gasteiger partial charge in [-0.2, -0.15) is 4.99 Å². The van der Waals surface area contributed by atoms with Gasteiger partial charge in [-0.15, -0.1) is 11.3 Å². The number of amides is 2. The number of furan rings is 1. The van der Waals surface area contributed by atoms with Crippen LogP contribution in [0.2, 0.25) is 0 Å². The molecule has 0 bridgehead atoms. The van der Waals surface area contributed by atoms with E-state index in [4.69, 9.17) is 13.9 Å². The smallest absolute Gasteiger partial charge is 0.309 e. The predicted molar refractivity (Wildman–Crippen MR) is 138 cm³/mol. The molecule has 0 saturated carbocycles. The Morgan fingerprint density at radius 3 is 2.59 bits per heavy atom. The molecule has 9 nitrogen and oxygen atoms in total. The number of aromatic nitrogens is 1. The van der Waals surface area contributed by atoms with E-state index in [0.717, 1.165) is 10.6 Å². The van der Waals surface area contributed by atoms with Crippen LogP contribution in [0.5, 0.6) is 5.75 Å². The summed E-state index contributed by atoms with van der Waals surface area (Å²) in [5.41, 5.74) is 1.40. The lowest BCUT2D eigenvalue weighted by atomic mass is 9.97. The highest BCUT2D eigenvalue weighted by atomic mass is 32.1. The minimum Gasteiger partial charge on any atom is -0.497 e. The van der Waals surface area contributed by atoms with Crippen molar-refractivity contribution in [1.29, 1.82) is 0 Å². The van der Waals surface area contributed by atoms with Crippen LogP contribution in [0.25, 0.3) is 0 Å². The Morgan fingerprint density at radius 1 is 1.14 bits per heavy atom. The van der Waals surface area contributed by atoms with Crippen molar-refractivity contribution in [2.24, 2.45) is 10.9 Å². The number of carbonyl (C=O) groups is 3. The first kappa shape index (κ1) is 26.4. The van der Waals surface area contributed by atoms with Crippen LogP contribution in [0.3, 0.4) is 0 Å². The van der Waals surface area contributed by atoms with Crippen LogP contribution in [-0.2, 0) is 16.1 Å². The number of nitrogens with zero attached hydrogens (tertiary/aromatic N) is 3. The normalized spacial score (nSPS) is 14.6. The van der Waals surface area contributed by atoms with Crippen LogP contribution >= 0.6 is 11.3 Å². The lowest BCUT2D eigenvalue weighted by molar-refractivity contribution is -0.149. The largest absolute Gasteiger partial charge is 0.497 e. The summed E-state index contributed by atoms with van der Waals surface area (Å²) in [5.74, 6) is 0.496. The fourth-order valence-corrected chi connectivity index (χ4v) is 5.22. The second-order valence-corrected chi connectivity index (χ2v) is 10.0. The molecule has 0 unspecified atom stereocenters. The molecule has 2 aromatic heterocycles. The number of methoxy groups -OCH3 is 1. The third-order valence-electron chi connectivity index (χ3n) is 6.49. The van der Waals surface area contributed by atoms with Gasteiger partial charge in [0.05, 0.1) is 26.2 Å². The molecular weight excluding hydrogens is 494 g/mol. The molecule has 37 heavy (non-hydrogen) atoms. The zero-order chi connectivity index (χ0) is 26.5. The van der Waals surface area contributed by atoms with Crippen LogP contribution in [0.1, 0.15) is 57.0 Å². The molecule has 0 aliphatic carbocycles. The lowest BCUT2D eigenvalue weighted by Crippen LogP contribution is -2.40. The number of thiazole rings is 1. The fourth-order valence-electron chi connectivity index (χ4n) is 4.24. The van der Waals surface area contributed by atoms with E-state index in [2.05, 4.69) is 4.99 Å². The lowest BCUT2D eigenvalue weighted by Gasteiger charge is -2.30. The molecule has 1 aromatic carbocycles. The van der Waals surface area contributed by atoms with Crippen molar-refractivity contribution in [2.45, 2.75) is 40.2 Å². The number of esters is 1. The standard InChI is InChI=1S/C27H31N3O6S/c1-5-35-26(33)19-11-13-29(14-12-19)25(32)23-10-9-22(36-23)16-30-17(2)18(3)37-27(30)28-24(31)20-7-6-8-21(15-20)34-4/h6-10,15,19H,5,11-14,16H2,1-4H3. The molecule has 1 aliphatic heterocycles. The first-order valence-electron chi connectivity index (χ1n) is 12.2. The second-order valence-electron chi connectivity index (χ2n) is 8.85. The predicted octanol–water partition coefficient (Wildman–Crippen LogP) is 3.97. The minimum atomic E-state index is -0.365. The van der Waals surface area contributed by atoms with E-state index in [0.29, 0.717) is 61.0 Å². The molecule has 0 spiro atoms. The maximum atomic E-state index is 13.0. The monoisotopic (exact) mass is 525 g/mol. The van der Waals surface area contributed by atoms with Gasteiger partial charge in [0.15, 0.2) is 10.6 Å². The van der Waals surface area contributed by atoms with Crippen molar-refractivity contribution in [2.75, 3.05) is 26.8 Å². The van der Waals surface area contributed by atoms with Crippen LogP contribution in [0.15, 0.2) is 45.8 Å². The number of likely N-dealkylation sites (tertiary alicyclic amines) is 1. The molecule has 1 aliphatic rings. The number of benzene rings is 1. The number of hydrogen-bond donors (Lipinski definition) is 0. The highest BCUT2D eigenvalue weighted by Gasteiger charge is 2.29. The van der Waals surface area contributed by atoms with Gasteiger partial charge in [-0.1, -0.05) is 6.07 Å². The maximum absolute atomic E-state index is 13.0. The van der Waals surface area contributed by atoms with Crippen molar-refractivity contribution < 1.29 is 28.3 Å². The SMILES string of the molecule is CCOC(=O)C1CCN(C(=O)c2ccc(Cn3c(C)c(C)sc3=NC(=O)c3cccc(OC)c3)o2)CC1. The van der Waals surface area contributed by atoms with Gasteiger partial charge >= 0.3 is 5.97 Å². The molecule has 1 fully saturated rings. The van der Waals surface area contributed by atoms with E-state index in [1.54, 1.807) is 55.3 Å². The summed E-state index contributed by atoms with van der Waals surface area (Å²) in [4.78, 5) is 45.5. The van der Waals surface area contributed by atoms with Gasteiger partial charge in [0.1, 0.15) is 11.5 Å². The van der Waals surface area contributed by atoms with Crippen molar-refractivity contribution >= 4 is 29.1 Å². The highest BCUT2D eigenvalue weighted by Crippen LogP contribution is 2.22. The van der Waals surface area contributed by atoms with Gasteiger partial charge in [0, 0.05) is 29.2 Å². The Bertz CT molecular complexity index is 1360. The molecular formula is C27H31N3O6S. The van der Waals surface area contributed by atoms with Crippen LogP contribution < -0.4 is 9.54 Å². The number of aryl methyl sites for hydroxylation is 1. The Labute approximate surface area is 219 Å².